The fourth-order valence-corrected chi connectivity index (χ4v) is 4.94. The van der Waals surface area contributed by atoms with Gasteiger partial charge in [-0.2, -0.15) is 27.1 Å². The number of carboxylic acids is 3. The molecule has 0 aromatic heterocycles. The van der Waals surface area contributed by atoms with Crippen LogP contribution >= 0.6 is 0 Å². The van der Waals surface area contributed by atoms with Gasteiger partial charge in [0.05, 0.1) is 33.0 Å². The number of aromatic hydroxyl groups is 1. The number of carboxylic acid groups (broad SMARTS) is 3. The summed E-state index contributed by atoms with van der Waals surface area (Å²) >= 11 is 0. The molecule has 0 radical (unpaired) electrons. The minimum atomic E-state index is -5.13. The fourth-order valence-electron chi connectivity index (χ4n) is 3.76. The van der Waals surface area contributed by atoms with Crippen LogP contribution < -0.4 is 0 Å². The van der Waals surface area contributed by atoms with Crippen molar-refractivity contribution in [3.8, 4) is 5.75 Å². The largest absolute Gasteiger partial charge is 0.505 e. The first kappa shape index (κ1) is 31.3. The van der Waals surface area contributed by atoms with Gasteiger partial charge in [0.25, 0.3) is 20.2 Å². The van der Waals surface area contributed by atoms with Gasteiger partial charge < -0.3 is 20.4 Å². The molecular weight excluding hydrogens is 628 g/mol. The summed E-state index contributed by atoms with van der Waals surface area (Å²) in [5, 5.41) is 53.2. The van der Waals surface area contributed by atoms with Crippen LogP contribution in [0.15, 0.2) is 90.9 Å². The minimum Gasteiger partial charge on any atom is -0.505 e. The van der Waals surface area contributed by atoms with Gasteiger partial charge in [0.2, 0.25) is 0 Å². The molecule has 0 fully saturated rings. The normalized spacial score (nSPS) is 12.2. The predicted molar refractivity (Wildman–Crippen MR) is 147 cm³/mol. The zero-order chi connectivity index (χ0) is 32.6. The van der Waals surface area contributed by atoms with Crippen LogP contribution in [-0.4, -0.2) is 64.3 Å². The van der Waals surface area contributed by atoms with Crippen LogP contribution in [0.5, 0.6) is 5.75 Å². The summed E-state index contributed by atoms with van der Waals surface area (Å²) in [6, 6.07) is 9.70. The van der Waals surface area contributed by atoms with Crippen LogP contribution in [0, 0.1) is 0 Å². The Hall–Kier alpha value is -5.63. The van der Waals surface area contributed by atoms with E-state index in [9.17, 15) is 60.8 Å². The lowest BCUT2D eigenvalue weighted by Gasteiger charge is -2.10. The monoisotopic (exact) mass is 644 g/mol. The standard InChI is InChI=1S/C25H16N4O13S2/c30-22-17-3-2-16(43(37,38)39)8-11(17)9-20(44(40,41)42)21(22)29-28-19-4-1-14(10-18(19)25(35)36)26-27-15-6-12(23(31)32)5-13(7-15)24(33)34/h1-10,30H,(H,31,32)(H,33,34)(H,35,36)(H,37,38,39)(H,40,41,42). The van der Waals surface area contributed by atoms with Crippen molar-refractivity contribution in [2.24, 2.45) is 20.5 Å². The summed E-state index contributed by atoms with van der Waals surface area (Å²) in [5.74, 6) is -5.30. The van der Waals surface area contributed by atoms with Crippen molar-refractivity contribution < 1.29 is 60.8 Å². The Balaban J connectivity index is 1.78. The number of fused-ring (bicyclic) bond motifs is 1. The summed E-state index contributed by atoms with van der Waals surface area (Å²) in [6.45, 7) is 0. The third kappa shape index (κ3) is 6.71. The van der Waals surface area contributed by atoms with Gasteiger partial charge in [-0.1, -0.05) is 0 Å². The predicted octanol–water partition coefficient (Wildman–Crippen LogP) is 4.96. The van der Waals surface area contributed by atoms with Crippen LogP contribution in [0.4, 0.5) is 22.7 Å². The molecule has 0 saturated carbocycles. The number of hydrogen-bond donors (Lipinski definition) is 6. The third-order valence-electron chi connectivity index (χ3n) is 5.76. The summed E-state index contributed by atoms with van der Waals surface area (Å²) < 4.78 is 66.0. The number of phenolic OH excluding ortho intramolecular Hbond substituents is 1. The molecule has 4 aromatic carbocycles. The average Bonchev–Trinajstić information content (AvgIpc) is 2.94. The zero-order valence-electron chi connectivity index (χ0n) is 21.4. The van der Waals surface area contributed by atoms with E-state index in [1.807, 2.05) is 0 Å². The van der Waals surface area contributed by atoms with Crippen molar-refractivity contribution in [3.05, 3.63) is 77.4 Å². The van der Waals surface area contributed by atoms with Gasteiger partial charge >= 0.3 is 17.9 Å². The molecule has 0 aliphatic heterocycles. The zero-order valence-corrected chi connectivity index (χ0v) is 23.1. The van der Waals surface area contributed by atoms with E-state index in [4.69, 9.17) is 0 Å². The van der Waals surface area contributed by atoms with Gasteiger partial charge in [0.15, 0.2) is 5.75 Å². The topological polar surface area (TPSA) is 290 Å². The number of aromatic carboxylic acids is 3. The summed E-state index contributed by atoms with van der Waals surface area (Å²) in [5.41, 5.74) is -2.83. The van der Waals surface area contributed by atoms with E-state index in [2.05, 4.69) is 20.5 Å². The maximum atomic E-state index is 12.1. The van der Waals surface area contributed by atoms with Gasteiger partial charge in [-0.05, 0) is 66.0 Å². The minimum absolute atomic E-state index is 0.110. The molecular formula is C25H16N4O13S2. The first-order chi connectivity index (χ1) is 20.5. The highest BCUT2D eigenvalue weighted by Crippen LogP contribution is 2.42. The lowest BCUT2D eigenvalue weighted by molar-refractivity contribution is 0.0682. The fraction of sp³-hybridized carbons (Fsp3) is 0. The smallest absolute Gasteiger partial charge is 0.338 e. The first-order valence-electron chi connectivity index (χ1n) is 11.5. The Bertz CT molecular complexity index is 2150. The number of nitrogens with zero attached hydrogens (tertiary/aromatic N) is 4. The van der Waals surface area contributed by atoms with Gasteiger partial charge in [0.1, 0.15) is 16.3 Å². The highest BCUT2D eigenvalue weighted by atomic mass is 32.2. The Morgan fingerprint density at radius 3 is 1.77 bits per heavy atom. The molecule has 44 heavy (non-hydrogen) atoms. The van der Waals surface area contributed by atoms with Gasteiger partial charge in [0, 0.05) is 5.39 Å². The number of carbonyl (C=O) groups is 3. The van der Waals surface area contributed by atoms with Crippen molar-refractivity contribution in [2.75, 3.05) is 0 Å². The number of azo groups is 2. The van der Waals surface area contributed by atoms with Crippen molar-refractivity contribution >= 4 is 71.7 Å². The maximum Gasteiger partial charge on any atom is 0.338 e. The van der Waals surface area contributed by atoms with Crippen molar-refractivity contribution in [2.45, 2.75) is 9.79 Å². The number of hydrogen-bond acceptors (Lipinski definition) is 12. The van der Waals surface area contributed by atoms with Crippen molar-refractivity contribution in [1.82, 2.24) is 0 Å². The molecule has 0 aliphatic rings. The summed E-state index contributed by atoms with van der Waals surface area (Å²) in [4.78, 5) is 32.8. The molecule has 4 rings (SSSR count). The van der Waals surface area contributed by atoms with Crippen LogP contribution in [0.2, 0.25) is 0 Å². The van der Waals surface area contributed by atoms with E-state index in [1.54, 1.807) is 0 Å². The third-order valence-corrected chi connectivity index (χ3v) is 7.48. The molecule has 0 atom stereocenters. The molecule has 0 bridgehead atoms. The molecule has 17 nitrogen and oxygen atoms in total. The molecule has 0 amide bonds. The molecule has 0 spiro atoms. The second kappa shape index (κ2) is 11.6. The quantitative estimate of drug-likeness (QED) is 0.104. The number of rotatable bonds is 9. The number of benzene rings is 4. The van der Waals surface area contributed by atoms with Gasteiger partial charge in [-0.3, -0.25) is 9.11 Å². The van der Waals surface area contributed by atoms with Crippen LogP contribution in [-0.2, 0) is 20.2 Å². The second-order valence-electron chi connectivity index (χ2n) is 8.69. The van der Waals surface area contributed by atoms with E-state index in [0.717, 1.165) is 54.6 Å². The Labute approximate surface area is 245 Å². The van der Waals surface area contributed by atoms with E-state index in [-0.39, 0.29) is 39.0 Å². The molecule has 0 saturated heterocycles. The van der Waals surface area contributed by atoms with Crippen LogP contribution in [0.25, 0.3) is 10.8 Å². The molecule has 4 aromatic rings. The maximum absolute atomic E-state index is 12.1. The molecule has 226 valence electrons. The highest BCUT2D eigenvalue weighted by Gasteiger charge is 2.23. The van der Waals surface area contributed by atoms with Crippen molar-refractivity contribution in [3.63, 3.8) is 0 Å². The highest BCUT2D eigenvalue weighted by molar-refractivity contribution is 7.86. The second-order valence-corrected chi connectivity index (χ2v) is 11.5. The molecule has 0 aliphatic carbocycles. The Morgan fingerprint density at radius 1 is 0.614 bits per heavy atom. The summed E-state index contributed by atoms with van der Waals surface area (Å²) in [6.07, 6.45) is 0. The van der Waals surface area contributed by atoms with E-state index < -0.39 is 64.9 Å². The summed E-state index contributed by atoms with van der Waals surface area (Å²) in [7, 11) is -9.84. The van der Waals surface area contributed by atoms with Crippen molar-refractivity contribution in [1.29, 1.82) is 0 Å². The van der Waals surface area contributed by atoms with Crippen LogP contribution in [0.1, 0.15) is 31.1 Å². The van der Waals surface area contributed by atoms with E-state index >= 15 is 0 Å². The Morgan fingerprint density at radius 2 is 1.23 bits per heavy atom. The van der Waals surface area contributed by atoms with E-state index in [1.165, 1.54) is 6.07 Å². The Kier molecular flexibility index (Phi) is 8.23. The van der Waals surface area contributed by atoms with Gasteiger partial charge in [-0.25, -0.2) is 14.4 Å². The molecule has 0 unspecified atom stereocenters. The average molecular weight is 645 g/mol. The SMILES string of the molecule is O=C(O)c1cc(N=Nc2ccc(N=Nc3c(S(=O)(=O)O)cc4cc(S(=O)(=O)O)ccc4c3O)c(C(=O)O)c2)cc(C(=O)O)c1. The molecule has 0 heterocycles. The van der Waals surface area contributed by atoms with Crippen LogP contribution in [0.3, 0.4) is 0 Å². The number of phenols is 1. The lowest BCUT2D eigenvalue weighted by Crippen LogP contribution is -2.01. The molecule has 19 heteroatoms. The first-order valence-corrected chi connectivity index (χ1v) is 14.4. The molecule has 6 N–H and O–H groups in total. The van der Waals surface area contributed by atoms with Gasteiger partial charge in [-0.15, -0.1) is 10.2 Å². The lowest BCUT2D eigenvalue weighted by atomic mass is 10.1. The van der Waals surface area contributed by atoms with E-state index in [0.29, 0.717) is 0 Å².